The molecular formula is C13H20N4O3S2. The third-order valence-electron chi connectivity index (χ3n) is 4.17. The first-order valence-corrected chi connectivity index (χ1v) is 10.1. The Morgan fingerprint density at radius 2 is 2.09 bits per heavy atom. The van der Waals surface area contributed by atoms with Gasteiger partial charge in [0.2, 0.25) is 15.9 Å². The van der Waals surface area contributed by atoms with Gasteiger partial charge in [0, 0.05) is 30.7 Å². The van der Waals surface area contributed by atoms with Crippen LogP contribution in [0.3, 0.4) is 0 Å². The number of aromatic nitrogens is 1. The van der Waals surface area contributed by atoms with Crippen molar-refractivity contribution in [1.82, 2.24) is 14.6 Å². The molecule has 1 aromatic heterocycles. The van der Waals surface area contributed by atoms with Crippen LogP contribution in [0, 0.1) is 0 Å². The van der Waals surface area contributed by atoms with Crippen LogP contribution < -0.4 is 10.6 Å². The van der Waals surface area contributed by atoms with E-state index in [9.17, 15) is 13.2 Å². The number of rotatable bonds is 5. The number of amides is 1. The molecule has 7 nitrogen and oxygen atoms in total. The highest BCUT2D eigenvalue weighted by Gasteiger charge is 2.44. The molecule has 1 aliphatic carbocycles. The number of nitrogens with zero attached hydrogens (tertiary/aromatic N) is 2. The Bertz CT molecular complexity index is 632. The van der Waals surface area contributed by atoms with Crippen molar-refractivity contribution < 1.29 is 13.2 Å². The first-order valence-electron chi connectivity index (χ1n) is 7.33. The summed E-state index contributed by atoms with van der Waals surface area (Å²) < 4.78 is 24.8. The van der Waals surface area contributed by atoms with E-state index in [4.69, 9.17) is 0 Å². The van der Waals surface area contributed by atoms with Crippen molar-refractivity contribution in [1.29, 1.82) is 0 Å². The zero-order chi connectivity index (χ0) is 15.8. The van der Waals surface area contributed by atoms with Crippen molar-refractivity contribution >= 4 is 32.4 Å². The molecule has 22 heavy (non-hydrogen) atoms. The molecule has 0 unspecified atom stereocenters. The molecular weight excluding hydrogens is 324 g/mol. The number of carbonyl (C=O) groups excluding carboxylic acids is 1. The molecule has 1 saturated carbocycles. The summed E-state index contributed by atoms with van der Waals surface area (Å²) in [5.74, 6) is -0.0432. The van der Waals surface area contributed by atoms with Crippen LogP contribution in [0.5, 0.6) is 0 Å². The van der Waals surface area contributed by atoms with Crippen LogP contribution >= 0.6 is 11.3 Å². The van der Waals surface area contributed by atoms with Crippen molar-refractivity contribution in [3.63, 3.8) is 0 Å². The van der Waals surface area contributed by atoms with E-state index < -0.39 is 15.6 Å². The van der Waals surface area contributed by atoms with Crippen LogP contribution in [0.4, 0.5) is 5.13 Å². The fraction of sp³-hybridized carbons (Fsp3) is 0.692. The van der Waals surface area contributed by atoms with Gasteiger partial charge in [0.15, 0.2) is 5.13 Å². The molecule has 1 aliphatic heterocycles. The first kappa shape index (κ1) is 15.7. The van der Waals surface area contributed by atoms with Gasteiger partial charge in [-0.3, -0.25) is 4.79 Å². The van der Waals surface area contributed by atoms with E-state index >= 15 is 0 Å². The minimum absolute atomic E-state index is 0.0432. The van der Waals surface area contributed by atoms with Crippen molar-refractivity contribution in [2.24, 2.45) is 0 Å². The lowest BCUT2D eigenvalue weighted by atomic mass is 9.87. The van der Waals surface area contributed by atoms with Crippen molar-refractivity contribution in [2.45, 2.75) is 37.3 Å². The molecule has 3 rings (SSSR count). The Morgan fingerprint density at radius 1 is 1.41 bits per heavy atom. The number of hydrogen-bond donors (Lipinski definition) is 2. The van der Waals surface area contributed by atoms with Crippen LogP contribution in [0.15, 0.2) is 11.6 Å². The van der Waals surface area contributed by atoms with Crippen molar-refractivity contribution in [2.75, 3.05) is 24.7 Å². The molecule has 0 atom stereocenters. The molecule has 1 saturated heterocycles. The van der Waals surface area contributed by atoms with E-state index in [0.717, 1.165) is 12.8 Å². The Labute approximate surface area is 134 Å². The van der Waals surface area contributed by atoms with Gasteiger partial charge >= 0.3 is 0 Å². The SMILES string of the molecule is CS(=O)(=O)N1CCC(Nc2nccs2)(C(=O)NC2CC2)CC1. The summed E-state index contributed by atoms with van der Waals surface area (Å²) in [6.07, 6.45) is 5.82. The number of carbonyl (C=O) groups is 1. The standard InChI is InChI=1S/C13H20N4O3S2/c1-22(19,20)17-7-4-13(5-8-17,11(18)15-10-2-3-10)16-12-14-6-9-21-12/h6,9-10H,2-5,7-8H2,1H3,(H,14,16)(H,15,18). The Morgan fingerprint density at radius 3 is 2.59 bits per heavy atom. The molecule has 0 spiro atoms. The number of piperidine rings is 1. The van der Waals surface area contributed by atoms with Gasteiger partial charge in [0.1, 0.15) is 5.54 Å². The quantitative estimate of drug-likeness (QED) is 0.817. The third-order valence-corrected chi connectivity index (χ3v) is 6.16. The highest BCUT2D eigenvalue weighted by Crippen LogP contribution is 2.31. The Balaban J connectivity index is 1.76. The second kappa shape index (κ2) is 5.78. The van der Waals surface area contributed by atoms with Gasteiger partial charge in [-0.25, -0.2) is 17.7 Å². The van der Waals surface area contributed by atoms with Gasteiger partial charge in [-0.1, -0.05) is 0 Å². The lowest BCUT2D eigenvalue weighted by Gasteiger charge is -2.40. The predicted molar refractivity (Wildman–Crippen MR) is 85.3 cm³/mol. The molecule has 2 N–H and O–H groups in total. The summed E-state index contributed by atoms with van der Waals surface area (Å²) in [5, 5.41) is 8.83. The highest BCUT2D eigenvalue weighted by molar-refractivity contribution is 7.88. The maximum atomic E-state index is 12.7. The predicted octanol–water partition coefficient (Wildman–Crippen LogP) is 0.628. The zero-order valence-corrected chi connectivity index (χ0v) is 14.0. The van der Waals surface area contributed by atoms with Crippen LogP contribution in [0.25, 0.3) is 0 Å². The average molecular weight is 344 g/mol. The van der Waals surface area contributed by atoms with Crippen molar-refractivity contribution in [3.05, 3.63) is 11.6 Å². The summed E-state index contributed by atoms with van der Waals surface area (Å²) in [4.78, 5) is 16.9. The van der Waals surface area contributed by atoms with Crippen LogP contribution in [-0.4, -0.2) is 54.5 Å². The van der Waals surface area contributed by atoms with Crippen LogP contribution in [-0.2, 0) is 14.8 Å². The molecule has 0 aromatic carbocycles. The molecule has 0 bridgehead atoms. The summed E-state index contributed by atoms with van der Waals surface area (Å²) in [6, 6.07) is 0.274. The molecule has 2 heterocycles. The Kier molecular flexibility index (Phi) is 4.13. The molecule has 9 heteroatoms. The minimum atomic E-state index is -3.21. The summed E-state index contributed by atoms with van der Waals surface area (Å²) in [5.41, 5.74) is -0.776. The zero-order valence-electron chi connectivity index (χ0n) is 12.4. The molecule has 1 aromatic rings. The largest absolute Gasteiger partial charge is 0.351 e. The van der Waals surface area contributed by atoms with Gasteiger partial charge in [-0.05, 0) is 25.7 Å². The number of sulfonamides is 1. The van der Waals surface area contributed by atoms with Gasteiger partial charge in [-0.15, -0.1) is 11.3 Å². The van der Waals surface area contributed by atoms with E-state index in [1.54, 1.807) is 6.20 Å². The molecule has 2 aliphatic rings. The van der Waals surface area contributed by atoms with Gasteiger partial charge in [0.25, 0.3) is 0 Å². The van der Waals surface area contributed by atoms with E-state index in [1.165, 1.54) is 21.9 Å². The summed E-state index contributed by atoms with van der Waals surface area (Å²) in [6.45, 7) is 0.685. The summed E-state index contributed by atoms with van der Waals surface area (Å²) in [7, 11) is -3.21. The van der Waals surface area contributed by atoms with E-state index in [-0.39, 0.29) is 11.9 Å². The van der Waals surface area contributed by atoms with Gasteiger partial charge in [-0.2, -0.15) is 0 Å². The molecule has 2 fully saturated rings. The summed E-state index contributed by atoms with van der Waals surface area (Å²) >= 11 is 1.44. The van der Waals surface area contributed by atoms with E-state index in [1.807, 2.05) is 5.38 Å². The number of anilines is 1. The maximum absolute atomic E-state index is 12.7. The topological polar surface area (TPSA) is 91.4 Å². The Hall–Kier alpha value is -1.19. The number of hydrogen-bond acceptors (Lipinski definition) is 6. The monoisotopic (exact) mass is 344 g/mol. The van der Waals surface area contributed by atoms with Gasteiger partial charge in [0.05, 0.1) is 6.26 Å². The second-order valence-electron chi connectivity index (χ2n) is 5.95. The third kappa shape index (κ3) is 3.41. The normalized spacial score (nSPS) is 22.2. The smallest absolute Gasteiger partial charge is 0.246 e. The average Bonchev–Trinajstić information content (AvgIpc) is 3.12. The molecule has 0 radical (unpaired) electrons. The second-order valence-corrected chi connectivity index (χ2v) is 8.83. The van der Waals surface area contributed by atoms with Crippen LogP contribution in [0.1, 0.15) is 25.7 Å². The maximum Gasteiger partial charge on any atom is 0.246 e. The fourth-order valence-electron chi connectivity index (χ4n) is 2.65. The van der Waals surface area contributed by atoms with Crippen molar-refractivity contribution in [3.8, 4) is 0 Å². The van der Waals surface area contributed by atoms with Gasteiger partial charge < -0.3 is 10.6 Å². The lowest BCUT2D eigenvalue weighted by molar-refractivity contribution is -0.126. The minimum Gasteiger partial charge on any atom is -0.351 e. The van der Waals surface area contributed by atoms with Crippen LogP contribution in [0.2, 0.25) is 0 Å². The number of thiazole rings is 1. The first-order chi connectivity index (χ1) is 10.4. The highest BCUT2D eigenvalue weighted by atomic mass is 32.2. The molecule has 1 amide bonds. The lowest BCUT2D eigenvalue weighted by Crippen LogP contribution is -2.59. The van der Waals surface area contributed by atoms with E-state index in [2.05, 4.69) is 15.6 Å². The molecule has 122 valence electrons. The van der Waals surface area contributed by atoms with E-state index in [0.29, 0.717) is 31.1 Å². The fourth-order valence-corrected chi connectivity index (χ4v) is 4.12. The number of nitrogens with one attached hydrogen (secondary N) is 2.